The van der Waals surface area contributed by atoms with Crippen LogP contribution in [-0.4, -0.2) is 46.1 Å². The summed E-state index contributed by atoms with van der Waals surface area (Å²) in [6, 6.07) is 4.53. The number of phenolic OH excluding ortho intramolecular Hbond substituents is 2. The fourth-order valence-electron chi connectivity index (χ4n) is 1.76. The van der Waals surface area contributed by atoms with E-state index in [9.17, 15) is 15.0 Å². The molecule has 1 aromatic rings. The largest absolute Gasteiger partial charge is 0.504 e. The summed E-state index contributed by atoms with van der Waals surface area (Å²) >= 11 is 1.68. The monoisotopic (exact) mass is 269 g/mol. The van der Waals surface area contributed by atoms with Gasteiger partial charge in [0.2, 0.25) is 0 Å². The summed E-state index contributed by atoms with van der Waals surface area (Å²) in [5, 5.41) is 19.1. The molecule has 2 N–H and O–H groups in total. The molecule has 100 valence electrons. The predicted molar refractivity (Wildman–Crippen MR) is 74.3 cm³/mol. The average molecular weight is 269 g/mol. The van der Waals surface area contributed by atoms with Crippen LogP contribution >= 0.6 is 11.8 Å². The van der Waals surface area contributed by atoms with E-state index in [2.05, 4.69) is 0 Å². The van der Waals surface area contributed by atoms with Gasteiger partial charge in [0.25, 0.3) is 5.91 Å². The first-order valence-electron chi connectivity index (χ1n) is 5.79. The van der Waals surface area contributed by atoms with E-state index in [-0.39, 0.29) is 29.0 Å². The molecule has 1 amide bonds. The highest BCUT2D eigenvalue weighted by atomic mass is 32.2. The number of carbonyl (C=O) groups excluding carboxylic acids is 1. The maximum absolute atomic E-state index is 12.2. The Morgan fingerprint density at radius 2 is 2.11 bits per heavy atom. The number of phenols is 2. The van der Waals surface area contributed by atoms with Crippen LogP contribution in [0.25, 0.3) is 0 Å². The maximum atomic E-state index is 12.2. The van der Waals surface area contributed by atoms with Crippen molar-refractivity contribution < 1.29 is 15.0 Å². The third kappa shape index (κ3) is 3.10. The van der Waals surface area contributed by atoms with Gasteiger partial charge in [0.1, 0.15) is 0 Å². The molecular weight excluding hydrogens is 250 g/mol. The second kappa shape index (κ2) is 6.54. The molecule has 0 aromatic heterocycles. The summed E-state index contributed by atoms with van der Waals surface area (Å²) in [7, 11) is 1.72. The Morgan fingerprint density at radius 3 is 2.67 bits per heavy atom. The highest BCUT2D eigenvalue weighted by Gasteiger charge is 2.22. The average Bonchev–Trinajstić information content (AvgIpc) is 2.37. The van der Waals surface area contributed by atoms with E-state index in [1.165, 1.54) is 12.1 Å². The van der Waals surface area contributed by atoms with Crippen LogP contribution in [0.15, 0.2) is 18.2 Å². The van der Waals surface area contributed by atoms with Gasteiger partial charge in [-0.25, -0.2) is 0 Å². The summed E-state index contributed by atoms with van der Waals surface area (Å²) in [4.78, 5) is 13.9. The van der Waals surface area contributed by atoms with Gasteiger partial charge in [0.15, 0.2) is 11.5 Å². The lowest BCUT2D eigenvalue weighted by Crippen LogP contribution is -2.38. The number of amides is 1. The standard InChI is InChI=1S/C13H19NO3S/c1-4-9(8-18-3)14(2)13(17)10-6-5-7-11(15)12(10)16/h5-7,9,15-16H,4,8H2,1-3H3. The molecule has 0 radical (unpaired) electrons. The zero-order valence-corrected chi connectivity index (χ0v) is 11.7. The van der Waals surface area contributed by atoms with Crippen LogP contribution < -0.4 is 0 Å². The van der Waals surface area contributed by atoms with Gasteiger partial charge < -0.3 is 15.1 Å². The van der Waals surface area contributed by atoms with Gasteiger partial charge in [-0.3, -0.25) is 4.79 Å². The van der Waals surface area contributed by atoms with Gasteiger partial charge in [-0.2, -0.15) is 11.8 Å². The molecule has 0 aliphatic rings. The molecule has 0 heterocycles. The minimum atomic E-state index is -0.353. The molecule has 0 saturated heterocycles. The maximum Gasteiger partial charge on any atom is 0.257 e. The van der Waals surface area contributed by atoms with Crippen LogP contribution in [0.1, 0.15) is 23.7 Å². The number of hydrogen-bond donors (Lipinski definition) is 2. The number of aromatic hydroxyl groups is 2. The summed E-state index contributed by atoms with van der Waals surface area (Å²) in [6.45, 7) is 2.02. The van der Waals surface area contributed by atoms with Crippen LogP contribution in [0.5, 0.6) is 11.5 Å². The molecule has 1 unspecified atom stereocenters. The van der Waals surface area contributed by atoms with Crippen molar-refractivity contribution in [2.75, 3.05) is 19.1 Å². The highest BCUT2D eigenvalue weighted by Crippen LogP contribution is 2.29. The van der Waals surface area contributed by atoms with Gasteiger partial charge in [-0.1, -0.05) is 13.0 Å². The Kier molecular flexibility index (Phi) is 5.34. The summed E-state index contributed by atoms with van der Waals surface area (Å²) in [6.07, 6.45) is 2.84. The number of benzene rings is 1. The molecule has 4 nitrogen and oxygen atoms in total. The lowest BCUT2D eigenvalue weighted by Gasteiger charge is -2.27. The molecule has 0 saturated carbocycles. The number of carbonyl (C=O) groups is 1. The first kappa shape index (κ1) is 14.7. The number of thioether (sulfide) groups is 1. The predicted octanol–water partition coefficient (Wildman–Crippen LogP) is 2.31. The van der Waals surface area contributed by atoms with Crippen LogP contribution in [0.4, 0.5) is 0 Å². The van der Waals surface area contributed by atoms with E-state index in [1.807, 2.05) is 13.2 Å². The zero-order chi connectivity index (χ0) is 13.7. The van der Waals surface area contributed by atoms with Crippen molar-refractivity contribution in [1.29, 1.82) is 0 Å². The first-order valence-corrected chi connectivity index (χ1v) is 7.19. The van der Waals surface area contributed by atoms with Gasteiger partial charge in [0, 0.05) is 18.8 Å². The van der Waals surface area contributed by atoms with Crippen molar-refractivity contribution >= 4 is 17.7 Å². The zero-order valence-electron chi connectivity index (χ0n) is 10.9. The SMILES string of the molecule is CCC(CSC)N(C)C(=O)c1cccc(O)c1O. The smallest absolute Gasteiger partial charge is 0.257 e. The number of nitrogens with zero attached hydrogens (tertiary/aromatic N) is 1. The molecule has 5 heteroatoms. The second-order valence-electron chi connectivity index (χ2n) is 4.11. The molecule has 1 atom stereocenters. The fourth-order valence-corrected chi connectivity index (χ4v) is 2.60. The van der Waals surface area contributed by atoms with Crippen LogP contribution in [0.3, 0.4) is 0 Å². The van der Waals surface area contributed by atoms with Crippen molar-refractivity contribution in [3.63, 3.8) is 0 Å². The summed E-state index contributed by atoms with van der Waals surface area (Å²) < 4.78 is 0. The quantitative estimate of drug-likeness (QED) is 0.805. The molecular formula is C13H19NO3S. The van der Waals surface area contributed by atoms with Crippen molar-refractivity contribution in [2.45, 2.75) is 19.4 Å². The number of hydrogen-bond acceptors (Lipinski definition) is 4. The second-order valence-corrected chi connectivity index (χ2v) is 5.02. The molecule has 0 spiro atoms. The van der Waals surface area contributed by atoms with E-state index >= 15 is 0 Å². The normalized spacial score (nSPS) is 12.2. The molecule has 0 bridgehead atoms. The van der Waals surface area contributed by atoms with Crippen molar-refractivity contribution in [3.8, 4) is 11.5 Å². The van der Waals surface area contributed by atoms with Crippen molar-refractivity contribution in [3.05, 3.63) is 23.8 Å². The molecule has 1 aromatic carbocycles. The lowest BCUT2D eigenvalue weighted by molar-refractivity contribution is 0.0740. The topological polar surface area (TPSA) is 60.8 Å². The summed E-state index contributed by atoms with van der Waals surface area (Å²) in [5.41, 5.74) is 0.136. The number of rotatable bonds is 5. The lowest BCUT2D eigenvalue weighted by atomic mass is 10.1. The molecule has 1 rings (SSSR count). The van der Waals surface area contributed by atoms with E-state index in [0.29, 0.717) is 0 Å². The summed E-state index contributed by atoms with van der Waals surface area (Å²) in [5.74, 6) is -0.0528. The Bertz CT molecular complexity index is 423. The minimum absolute atomic E-state index is 0.120. The van der Waals surface area contributed by atoms with Crippen molar-refractivity contribution in [1.82, 2.24) is 4.90 Å². The molecule has 0 fully saturated rings. The third-order valence-corrected chi connectivity index (χ3v) is 3.66. The Balaban J connectivity index is 2.95. The van der Waals surface area contributed by atoms with Gasteiger partial charge in [-0.15, -0.1) is 0 Å². The minimum Gasteiger partial charge on any atom is -0.504 e. The Morgan fingerprint density at radius 1 is 1.44 bits per heavy atom. The molecule has 18 heavy (non-hydrogen) atoms. The fraction of sp³-hybridized carbons (Fsp3) is 0.462. The third-order valence-electron chi connectivity index (χ3n) is 2.94. The van der Waals surface area contributed by atoms with Crippen LogP contribution in [0, 0.1) is 0 Å². The first-order chi connectivity index (χ1) is 8.52. The Labute approximate surface area is 112 Å². The molecule has 0 aliphatic heterocycles. The van der Waals surface area contributed by atoms with E-state index in [4.69, 9.17) is 0 Å². The highest BCUT2D eigenvalue weighted by molar-refractivity contribution is 7.98. The van der Waals surface area contributed by atoms with Gasteiger partial charge in [0.05, 0.1) is 5.56 Å². The van der Waals surface area contributed by atoms with E-state index in [1.54, 1.807) is 29.8 Å². The van der Waals surface area contributed by atoms with Crippen molar-refractivity contribution in [2.24, 2.45) is 0 Å². The van der Waals surface area contributed by atoms with E-state index in [0.717, 1.165) is 12.2 Å². The van der Waals surface area contributed by atoms with Crippen LogP contribution in [0.2, 0.25) is 0 Å². The number of para-hydroxylation sites is 1. The molecule has 0 aliphatic carbocycles. The Hall–Kier alpha value is -1.36. The van der Waals surface area contributed by atoms with E-state index < -0.39 is 0 Å². The van der Waals surface area contributed by atoms with Gasteiger partial charge >= 0.3 is 0 Å². The van der Waals surface area contributed by atoms with Crippen LogP contribution in [-0.2, 0) is 0 Å². The van der Waals surface area contributed by atoms with Gasteiger partial charge in [-0.05, 0) is 24.8 Å².